The van der Waals surface area contributed by atoms with Gasteiger partial charge >= 0.3 is 6.18 Å². The van der Waals surface area contributed by atoms with Gasteiger partial charge in [-0.25, -0.2) is 0 Å². The summed E-state index contributed by atoms with van der Waals surface area (Å²) in [7, 11) is 0. The fraction of sp³-hybridized carbons (Fsp3) is 0.118. The molecule has 0 bridgehead atoms. The number of aromatic nitrogens is 2. The molecule has 130 valence electrons. The lowest BCUT2D eigenvalue weighted by molar-refractivity contribution is -0.137. The summed E-state index contributed by atoms with van der Waals surface area (Å²) in [5.74, 6) is 1.05. The zero-order valence-corrected chi connectivity index (χ0v) is 13.4. The van der Waals surface area contributed by atoms with Crippen molar-refractivity contribution in [3.05, 3.63) is 71.0 Å². The highest BCUT2D eigenvalue weighted by molar-refractivity contribution is 6.32. The molecule has 25 heavy (non-hydrogen) atoms. The number of alkyl halides is 3. The molecular weight excluding hydrogens is 357 g/mol. The number of aromatic amines is 1. The van der Waals surface area contributed by atoms with Crippen LogP contribution in [-0.2, 0) is 12.8 Å². The molecule has 3 aromatic rings. The van der Waals surface area contributed by atoms with Gasteiger partial charge in [0.2, 0.25) is 0 Å². The summed E-state index contributed by atoms with van der Waals surface area (Å²) in [6.45, 7) is 0.296. The van der Waals surface area contributed by atoms with Gasteiger partial charge in [-0.05, 0) is 36.4 Å². The fourth-order valence-electron chi connectivity index (χ4n) is 2.04. The number of rotatable bonds is 5. The number of hydrogen-bond donors (Lipinski definition) is 1. The van der Waals surface area contributed by atoms with Crippen LogP contribution < -0.4 is 9.47 Å². The van der Waals surface area contributed by atoms with Crippen molar-refractivity contribution in [2.75, 3.05) is 0 Å². The van der Waals surface area contributed by atoms with Gasteiger partial charge in [-0.1, -0.05) is 17.7 Å². The first kappa shape index (κ1) is 17.2. The minimum atomic E-state index is -4.46. The molecule has 0 spiro atoms. The van der Waals surface area contributed by atoms with Crippen molar-refractivity contribution < 1.29 is 22.6 Å². The molecule has 4 nitrogen and oxygen atoms in total. The summed E-state index contributed by atoms with van der Waals surface area (Å²) >= 11 is 5.89. The van der Waals surface area contributed by atoms with Crippen molar-refractivity contribution in [3.8, 4) is 17.2 Å². The molecule has 0 saturated heterocycles. The average Bonchev–Trinajstić information content (AvgIpc) is 3.08. The lowest BCUT2D eigenvalue weighted by Gasteiger charge is -2.12. The Morgan fingerprint density at radius 3 is 2.52 bits per heavy atom. The van der Waals surface area contributed by atoms with Crippen molar-refractivity contribution in [3.63, 3.8) is 0 Å². The monoisotopic (exact) mass is 368 g/mol. The predicted molar refractivity (Wildman–Crippen MR) is 85.9 cm³/mol. The minimum Gasteiger partial charge on any atom is -0.487 e. The Labute approximate surface area is 146 Å². The molecule has 0 saturated carbocycles. The molecule has 0 amide bonds. The Kier molecular flexibility index (Phi) is 4.85. The summed E-state index contributed by atoms with van der Waals surface area (Å²) in [4.78, 5) is 0. The highest BCUT2D eigenvalue weighted by Gasteiger charge is 2.31. The molecule has 8 heteroatoms. The molecule has 2 aromatic carbocycles. The third kappa shape index (κ3) is 4.45. The molecule has 0 aliphatic heterocycles. The molecule has 0 radical (unpaired) electrons. The first-order chi connectivity index (χ1) is 11.9. The second-order valence-corrected chi connectivity index (χ2v) is 5.50. The number of halogens is 4. The first-order valence-corrected chi connectivity index (χ1v) is 7.55. The van der Waals surface area contributed by atoms with E-state index in [0.29, 0.717) is 18.1 Å². The Balaban J connectivity index is 1.71. The van der Waals surface area contributed by atoms with Crippen molar-refractivity contribution in [2.24, 2.45) is 0 Å². The Morgan fingerprint density at radius 2 is 1.84 bits per heavy atom. The van der Waals surface area contributed by atoms with E-state index in [9.17, 15) is 13.2 Å². The molecule has 3 rings (SSSR count). The van der Waals surface area contributed by atoms with Gasteiger partial charge in [0.05, 0.1) is 16.3 Å². The second-order valence-electron chi connectivity index (χ2n) is 5.09. The predicted octanol–water partition coefficient (Wildman–Crippen LogP) is 5.45. The van der Waals surface area contributed by atoms with Gasteiger partial charge in [0.15, 0.2) is 0 Å². The van der Waals surface area contributed by atoms with Crippen LogP contribution >= 0.6 is 11.6 Å². The molecule has 1 N–H and O–H groups in total. The number of H-pyrrole nitrogens is 1. The second kappa shape index (κ2) is 7.06. The first-order valence-electron chi connectivity index (χ1n) is 7.17. The number of nitrogens with one attached hydrogen (secondary N) is 1. The Morgan fingerprint density at radius 1 is 1.04 bits per heavy atom. The van der Waals surface area contributed by atoms with Crippen LogP contribution in [0, 0.1) is 0 Å². The number of ether oxygens (including phenoxy) is 2. The smallest absolute Gasteiger partial charge is 0.416 e. The topological polar surface area (TPSA) is 47.1 Å². The van der Waals surface area contributed by atoms with Crippen LogP contribution in [0.3, 0.4) is 0 Å². The van der Waals surface area contributed by atoms with Crippen LogP contribution in [-0.4, -0.2) is 10.2 Å². The van der Waals surface area contributed by atoms with Crippen molar-refractivity contribution in [2.45, 2.75) is 12.8 Å². The summed E-state index contributed by atoms with van der Waals surface area (Å²) in [5, 5.41) is 6.46. The maximum absolute atomic E-state index is 12.7. The zero-order chi connectivity index (χ0) is 17.9. The molecule has 0 fully saturated rings. The van der Waals surface area contributed by atoms with E-state index in [1.165, 1.54) is 6.07 Å². The highest BCUT2D eigenvalue weighted by Crippen LogP contribution is 2.36. The lowest BCUT2D eigenvalue weighted by atomic mass is 10.2. The quantitative estimate of drug-likeness (QED) is 0.651. The van der Waals surface area contributed by atoms with Gasteiger partial charge in [0.25, 0.3) is 0 Å². The van der Waals surface area contributed by atoms with Gasteiger partial charge in [-0.15, -0.1) is 0 Å². The molecule has 0 atom stereocenters. The SMILES string of the molecule is FC(F)(F)c1ccc(Oc2cccc(OCc3ccn[nH]3)c2)c(Cl)c1. The summed E-state index contributed by atoms with van der Waals surface area (Å²) < 4.78 is 49.1. The maximum Gasteiger partial charge on any atom is 0.416 e. The number of hydrogen-bond acceptors (Lipinski definition) is 3. The van der Waals surface area contributed by atoms with E-state index in [-0.39, 0.29) is 10.8 Å². The van der Waals surface area contributed by atoms with Crippen LogP contribution in [0.25, 0.3) is 0 Å². The van der Waals surface area contributed by atoms with Gasteiger partial charge in [-0.3, -0.25) is 5.10 Å². The van der Waals surface area contributed by atoms with Crippen molar-refractivity contribution >= 4 is 11.6 Å². The van der Waals surface area contributed by atoms with E-state index in [1.807, 2.05) is 0 Å². The van der Waals surface area contributed by atoms with Crippen molar-refractivity contribution in [1.29, 1.82) is 0 Å². The summed E-state index contributed by atoms with van der Waals surface area (Å²) in [6.07, 6.45) is -2.84. The third-order valence-corrected chi connectivity index (χ3v) is 3.54. The third-order valence-electron chi connectivity index (χ3n) is 3.25. The fourth-order valence-corrected chi connectivity index (χ4v) is 2.26. The van der Waals surface area contributed by atoms with Gasteiger partial charge < -0.3 is 9.47 Å². The molecule has 1 heterocycles. The van der Waals surface area contributed by atoms with E-state index in [0.717, 1.165) is 17.8 Å². The molecule has 0 aliphatic carbocycles. The largest absolute Gasteiger partial charge is 0.487 e. The van der Waals surface area contributed by atoms with Crippen LogP contribution in [0.5, 0.6) is 17.2 Å². The Hall–Kier alpha value is -2.67. The van der Waals surface area contributed by atoms with Crippen LogP contribution in [0.4, 0.5) is 13.2 Å². The lowest BCUT2D eigenvalue weighted by Crippen LogP contribution is -2.04. The van der Waals surface area contributed by atoms with Crippen LogP contribution in [0.1, 0.15) is 11.3 Å². The van der Waals surface area contributed by atoms with Crippen LogP contribution in [0.15, 0.2) is 54.7 Å². The zero-order valence-electron chi connectivity index (χ0n) is 12.7. The molecular formula is C17H12ClF3N2O2. The van der Waals surface area contributed by atoms with Crippen molar-refractivity contribution in [1.82, 2.24) is 10.2 Å². The van der Waals surface area contributed by atoms with Crippen LogP contribution in [0.2, 0.25) is 5.02 Å². The number of benzene rings is 2. The van der Waals surface area contributed by atoms with E-state index in [4.69, 9.17) is 21.1 Å². The van der Waals surface area contributed by atoms with E-state index in [1.54, 1.807) is 36.5 Å². The normalized spacial score (nSPS) is 11.4. The maximum atomic E-state index is 12.7. The number of nitrogens with zero attached hydrogens (tertiary/aromatic N) is 1. The summed E-state index contributed by atoms with van der Waals surface area (Å²) in [5.41, 5.74) is -0.0291. The molecule has 0 aliphatic rings. The minimum absolute atomic E-state index is 0.125. The van der Waals surface area contributed by atoms with E-state index >= 15 is 0 Å². The van der Waals surface area contributed by atoms with Gasteiger partial charge in [-0.2, -0.15) is 18.3 Å². The average molecular weight is 369 g/mol. The van der Waals surface area contributed by atoms with E-state index < -0.39 is 11.7 Å². The molecule has 1 aromatic heterocycles. The standard InChI is InChI=1S/C17H12ClF3N2O2/c18-15-8-11(17(19,20)21)4-5-16(15)25-14-3-1-2-13(9-14)24-10-12-6-7-22-23-12/h1-9H,10H2,(H,22,23). The van der Waals surface area contributed by atoms with E-state index in [2.05, 4.69) is 10.2 Å². The Bertz CT molecular complexity index is 851. The van der Waals surface area contributed by atoms with Gasteiger partial charge in [0.1, 0.15) is 23.9 Å². The summed E-state index contributed by atoms with van der Waals surface area (Å²) in [6, 6.07) is 11.4. The highest BCUT2D eigenvalue weighted by atomic mass is 35.5. The molecule has 0 unspecified atom stereocenters. The van der Waals surface area contributed by atoms with Gasteiger partial charge in [0, 0.05) is 12.3 Å².